The topological polar surface area (TPSA) is 75.0 Å². The number of rotatable bonds is 6. The van der Waals surface area contributed by atoms with Gasteiger partial charge in [-0.3, -0.25) is 9.36 Å². The Hall–Kier alpha value is -3.46. The van der Waals surface area contributed by atoms with Crippen LogP contribution in [-0.2, 0) is 13.0 Å². The van der Waals surface area contributed by atoms with Gasteiger partial charge in [0.05, 0.1) is 30.0 Å². The van der Waals surface area contributed by atoms with Gasteiger partial charge in [-0.2, -0.15) is 0 Å². The van der Waals surface area contributed by atoms with Gasteiger partial charge >= 0.3 is 0 Å². The van der Waals surface area contributed by atoms with Gasteiger partial charge in [0.25, 0.3) is 5.56 Å². The van der Waals surface area contributed by atoms with E-state index in [1.807, 2.05) is 18.2 Å². The van der Waals surface area contributed by atoms with Crippen molar-refractivity contribution in [3.8, 4) is 5.75 Å². The Labute approximate surface area is 254 Å². The average Bonchev–Trinajstić information content (AvgIpc) is 3.21. The van der Waals surface area contributed by atoms with E-state index in [9.17, 15) is 9.18 Å². The van der Waals surface area contributed by atoms with Gasteiger partial charge in [-0.15, -0.1) is 0 Å². The van der Waals surface area contributed by atoms with E-state index < -0.39 is 0 Å². The minimum atomic E-state index is -0.340. The summed E-state index contributed by atoms with van der Waals surface area (Å²) in [5.41, 5.74) is 2.22. The molecule has 1 aromatic heterocycles. The van der Waals surface area contributed by atoms with Crippen LogP contribution in [0.2, 0.25) is 0 Å². The third-order valence-electron chi connectivity index (χ3n) is 10.6. The summed E-state index contributed by atoms with van der Waals surface area (Å²) in [6, 6.07) is 10.8. The zero-order valence-corrected chi connectivity index (χ0v) is 26.1. The van der Waals surface area contributed by atoms with E-state index in [2.05, 4.69) is 47.9 Å². The van der Waals surface area contributed by atoms with Gasteiger partial charge in [0.15, 0.2) is 5.96 Å². The smallest absolute Gasteiger partial charge is 0.261 e. The molecule has 2 bridgehead atoms. The van der Waals surface area contributed by atoms with E-state index in [-0.39, 0.29) is 11.4 Å². The van der Waals surface area contributed by atoms with Crippen LogP contribution in [0, 0.1) is 29.0 Å². The van der Waals surface area contributed by atoms with Crippen LogP contribution >= 0.6 is 0 Å². The number of likely N-dealkylation sites (N-methyl/N-ethyl adjacent to an activating group) is 1. The highest BCUT2D eigenvalue weighted by atomic mass is 19.1. The lowest BCUT2D eigenvalue weighted by atomic mass is 9.45. The number of guanidine groups is 1. The molecule has 0 radical (unpaired) electrons. The summed E-state index contributed by atoms with van der Waals surface area (Å²) >= 11 is 0. The Morgan fingerprint density at radius 2 is 1.98 bits per heavy atom. The molecular weight excluding hydrogens is 543 g/mol. The van der Waals surface area contributed by atoms with Crippen LogP contribution in [0.5, 0.6) is 5.75 Å². The van der Waals surface area contributed by atoms with Gasteiger partial charge in [-0.1, -0.05) is 26.8 Å². The first-order valence-corrected chi connectivity index (χ1v) is 15.7. The molecule has 43 heavy (non-hydrogen) atoms. The molecule has 3 aromatic rings. The lowest BCUT2D eigenvalue weighted by molar-refractivity contribution is -0.112. The molecule has 8 nitrogen and oxygen atoms in total. The first kappa shape index (κ1) is 29.6. The maximum atomic E-state index is 14.4. The number of nitrogens with zero attached hydrogens (tertiary/aromatic N) is 5. The van der Waals surface area contributed by atoms with E-state index in [0.717, 1.165) is 56.1 Å². The normalized spacial score (nSPS) is 25.7. The van der Waals surface area contributed by atoms with Crippen molar-refractivity contribution in [1.29, 1.82) is 0 Å². The Kier molecular flexibility index (Phi) is 8.20. The summed E-state index contributed by atoms with van der Waals surface area (Å²) < 4.78 is 21.1. The van der Waals surface area contributed by atoms with Crippen molar-refractivity contribution in [3.05, 3.63) is 64.5 Å². The molecule has 2 heterocycles. The standard InChI is InChI=1S/C34H45FN6O2/c1-22-28-17-24(34(28,2)3)18-30(22)38-33(40-13-6-12-39(4)15-16-40)37-25-8-10-27-31(19-25)36-21-41(32(27)42)14-11-23-7-9-26(43-5)20-29(23)35/h7-10,19-22,24,28,30H,6,11-18H2,1-5H3,(H,37,38)/t22-,24-,28-,30?/m1/s1. The average molecular weight is 589 g/mol. The fraction of sp³-hybridized carbons (Fsp3) is 0.559. The highest BCUT2D eigenvalue weighted by molar-refractivity contribution is 5.86. The number of hydrogen-bond donors (Lipinski definition) is 1. The van der Waals surface area contributed by atoms with Gasteiger partial charge in [-0.05, 0) is 92.3 Å². The maximum absolute atomic E-state index is 14.4. The maximum Gasteiger partial charge on any atom is 0.261 e. The molecule has 9 heteroatoms. The Morgan fingerprint density at radius 1 is 1.14 bits per heavy atom. The predicted octanol–water partition coefficient (Wildman–Crippen LogP) is 5.07. The Balaban J connectivity index is 1.24. The van der Waals surface area contributed by atoms with Crippen LogP contribution in [0.25, 0.3) is 10.9 Å². The molecule has 4 atom stereocenters. The fourth-order valence-electron chi connectivity index (χ4n) is 7.56. The lowest BCUT2D eigenvalue weighted by Crippen LogP contribution is -2.62. The molecule has 7 rings (SSSR count). The molecule has 1 N–H and O–H groups in total. The second kappa shape index (κ2) is 11.9. The second-order valence-electron chi connectivity index (χ2n) is 13.4. The quantitative estimate of drug-likeness (QED) is 0.320. The largest absolute Gasteiger partial charge is 0.497 e. The summed E-state index contributed by atoms with van der Waals surface area (Å²) in [5.74, 6) is 3.15. The molecule has 4 fully saturated rings. The van der Waals surface area contributed by atoms with Gasteiger partial charge < -0.3 is 19.9 Å². The molecule has 4 aliphatic rings. The third-order valence-corrected chi connectivity index (χ3v) is 10.6. The van der Waals surface area contributed by atoms with Crippen molar-refractivity contribution >= 4 is 22.5 Å². The van der Waals surface area contributed by atoms with Crippen LogP contribution < -0.4 is 15.6 Å². The fourth-order valence-corrected chi connectivity index (χ4v) is 7.56. The summed E-state index contributed by atoms with van der Waals surface area (Å²) in [5, 5.41) is 4.44. The van der Waals surface area contributed by atoms with Crippen molar-refractivity contribution in [2.75, 3.05) is 40.3 Å². The molecule has 1 saturated heterocycles. The van der Waals surface area contributed by atoms with Gasteiger partial charge in [0, 0.05) is 38.3 Å². The summed E-state index contributed by atoms with van der Waals surface area (Å²) in [6.45, 7) is 11.6. The number of hydrogen-bond acceptors (Lipinski definition) is 5. The van der Waals surface area contributed by atoms with Crippen molar-refractivity contribution in [1.82, 2.24) is 24.7 Å². The third kappa shape index (κ3) is 5.88. The lowest BCUT2D eigenvalue weighted by Gasteiger charge is -2.62. The van der Waals surface area contributed by atoms with Crippen LogP contribution in [0.15, 0.2) is 52.5 Å². The van der Waals surface area contributed by atoms with E-state index in [0.29, 0.717) is 52.6 Å². The SMILES string of the molecule is COc1ccc(CCn2cnc3cc(N=C(NC4C[C@H]5C[C@H]([C@H]4C)C5(C)C)N4CCCN(C)CC4)ccc3c2=O)c(F)c1. The Morgan fingerprint density at radius 3 is 2.72 bits per heavy atom. The molecule has 1 aliphatic heterocycles. The zero-order chi connectivity index (χ0) is 30.3. The first-order valence-electron chi connectivity index (χ1n) is 15.7. The minimum Gasteiger partial charge on any atom is -0.497 e. The number of ether oxygens (including phenoxy) is 1. The number of halogens is 1. The van der Waals surface area contributed by atoms with E-state index in [4.69, 9.17) is 9.73 Å². The summed E-state index contributed by atoms with van der Waals surface area (Å²) in [4.78, 5) is 27.9. The summed E-state index contributed by atoms with van der Waals surface area (Å²) in [7, 11) is 3.69. The van der Waals surface area contributed by atoms with Crippen molar-refractivity contribution in [3.63, 3.8) is 0 Å². The van der Waals surface area contributed by atoms with Crippen LogP contribution in [-0.4, -0.2) is 71.7 Å². The number of nitrogens with one attached hydrogen (secondary N) is 1. The first-order chi connectivity index (χ1) is 20.6. The number of aryl methyl sites for hydroxylation is 2. The Bertz CT molecular complexity index is 1570. The van der Waals surface area contributed by atoms with Crippen LogP contribution in [0.1, 0.15) is 45.6 Å². The highest BCUT2D eigenvalue weighted by Gasteiger charge is 2.56. The van der Waals surface area contributed by atoms with E-state index in [1.165, 1.54) is 26.0 Å². The van der Waals surface area contributed by atoms with Crippen LogP contribution in [0.4, 0.5) is 10.1 Å². The van der Waals surface area contributed by atoms with E-state index in [1.54, 1.807) is 23.0 Å². The predicted molar refractivity (Wildman–Crippen MR) is 170 cm³/mol. The van der Waals surface area contributed by atoms with Gasteiger partial charge in [0.1, 0.15) is 11.6 Å². The molecular formula is C34H45FN6O2. The van der Waals surface area contributed by atoms with Gasteiger partial charge in [0.2, 0.25) is 0 Å². The van der Waals surface area contributed by atoms with E-state index >= 15 is 0 Å². The molecule has 0 spiro atoms. The molecule has 230 valence electrons. The molecule has 3 aliphatic carbocycles. The van der Waals surface area contributed by atoms with Crippen LogP contribution in [0.3, 0.4) is 0 Å². The highest BCUT2D eigenvalue weighted by Crippen LogP contribution is 2.61. The molecule has 0 amide bonds. The molecule has 2 aromatic carbocycles. The molecule has 1 unspecified atom stereocenters. The van der Waals surface area contributed by atoms with Crippen molar-refractivity contribution < 1.29 is 9.13 Å². The van der Waals surface area contributed by atoms with Gasteiger partial charge in [-0.25, -0.2) is 14.4 Å². The molecule has 3 saturated carbocycles. The monoisotopic (exact) mass is 588 g/mol. The van der Waals surface area contributed by atoms with Crippen molar-refractivity contribution in [2.24, 2.45) is 28.2 Å². The summed E-state index contributed by atoms with van der Waals surface area (Å²) in [6.07, 6.45) is 5.55. The number of aliphatic imine (C=N–C) groups is 1. The second-order valence-corrected chi connectivity index (χ2v) is 13.4. The minimum absolute atomic E-state index is 0.138. The van der Waals surface area contributed by atoms with Crippen molar-refractivity contribution in [2.45, 2.75) is 59.0 Å². The number of benzene rings is 2. The number of methoxy groups -OCH3 is 1. The number of aromatic nitrogens is 2. The zero-order valence-electron chi connectivity index (χ0n) is 26.1. The number of fused-ring (bicyclic) bond motifs is 3.